The number of amides is 1. The van der Waals surface area contributed by atoms with Gasteiger partial charge in [0, 0.05) is 6.42 Å². The Morgan fingerprint density at radius 2 is 1.88 bits per heavy atom. The van der Waals surface area contributed by atoms with E-state index in [1.165, 1.54) is 0 Å². The fraction of sp³-hybridized carbons (Fsp3) is 0.444. The van der Waals surface area contributed by atoms with Crippen LogP contribution in [0, 0.1) is 0 Å². The maximum Gasteiger partial charge on any atom is 0.408 e. The van der Waals surface area contributed by atoms with Crippen LogP contribution in [-0.2, 0) is 20.9 Å². The van der Waals surface area contributed by atoms with Crippen LogP contribution in [0.4, 0.5) is 4.79 Å². The average Bonchev–Trinajstić information content (AvgIpc) is 2.48. The van der Waals surface area contributed by atoms with Gasteiger partial charge >= 0.3 is 12.1 Å². The van der Waals surface area contributed by atoms with Crippen molar-refractivity contribution in [3.8, 4) is 0 Å². The molecular formula is C18H25NO5. The molecular weight excluding hydrogens is 310 g/mol. The number of nitrogens with one attached hydrogen (secondary N) is 1. The molecule has 0 fully saturated rings. The van der Waals surface area contributed by atoms with Gasteiger partial charge in [0.15, 0.2) is 0 Å². The summed E-state index contributed by atoms with van der Waals surface area (Å²) in [6.07, 6.45) is -0.379. The van der Waals surface area contributed by atoms with Crippen molar-refractivity contribution in [3.63, 3.8) is 0 Å². The Kier molecular flexibility index (Phi) is 7.30. The van der Waals surface area contributed by atoms with Crippen LogP contribution in [0.15, 0.2) is 42.7 Å². The van der Waals surface area contributed by atoms with Gasteiger partial charge in [-0.3, -0.25) is 0 Å². The van der Waals surface area contributed by atoms with Crippen LogP contribution in [0.25, 0.3) is 0 Å². The molecule has 1 atom stereocenters. The Balaban J connectivity index is 2.64. The lowest BCUT2D eigenvalue weighted by Crippen LogP contribution is -2.44. The molecule has 1 aromatic rings. The van der Waals surface area contributed by atoms with Crippen LogP contribution in [0.5, 0.6) is 0 Å². The molecule has 6 nitrogen and oxygen atoms in total. The molecule has 0 aliphatic rings. The summed E-state index contributed by atoms with van der Waals surface area (Å²) < 4.78 is 10.4. The predicted octanol–water partition coefficient (Wildman–Crippen LogP) is 3.48. The van der Waals surface area contributed by atoms with E-state index in [4.69, 9.17) is 9.47 Å². The molecule has 0 aromatic heterocycles. The number of rotatable bonds is 7. The molecule has 0 heterocycles. The number of aliphatic hydroxyl groups excluding tert-OH is 1. The first-order valence-electron chi connectivity index (χ1n) is 7.74. The van der Waals surface area contributed by atoms with Gasteiger partial charge in [-0.1, -0.05) is 36.9 Å². The zero-order chi connectivity index (χ0) is 18.2. The molecule has 132 valence electrons. The molecule has 2 N–H and O–H groups in total. The largest absolute Gasteiger partial charge is 0.513 e. The highest BCUT2D eigenvalue weighted by molar-refractivity contribution is 5.81. The van der Waals surface area contributed by atoms with Gasteiger partial charge in [-0.25, -0.2) is 9.59 Å². The quantitative estimate of drug-likeness (QED) is 0.589. The summed E-state index contributed by atoms with van der Waals surface area (Å²) in [5, 5.41) is 11.7. The highest BCUT2D eigenvalue weighted by atomic mass is 16.6. The number of esters is 1. The number of ether oxygens (including phenoxy) is 2. The van der Waals surface area contributed by atoms with Gasteiger partial charge in [0.25, 0.3) is 0 Å². The molecule has 0 radical (unpaired) electrons. The fourth-order valence-corrected chi connectivity index (χ4v) is 1.84. The minimum Gasteiger partial charge on any atom is -0.513 e. The van der Waals surface area contributed by atoms with Crippen molar-refractivity contribution in [3.05, 3.63) is 48.2 Å². The second kappa shape index (κ2) is 8.96. The minimum absolute atomic E-state index is 0.0677. The topological polar surface area (TPSA) is 84.9 Å². The molecule has 0 bridgehead atoms. The first kappa shape index (κ1) is 19.5. The SMILES string of the molecule is C=C(O)CC[C@H](NC(=O)OC(C)(C)C)C(=O)OCc1ccccc1. The second-order valence-corrected chi connectivity index (χ2v) is 6.40. The summed E-state index contributed by atoms with van der Waals surface area (Å²) in [6, 6.07) is 8.29. The average molecular weight is 335 g/mol. The molecule has 24 heavy (non-hydrogen) atoms. The lowest BCUT2D eigenvalue weighted by atomic mass is 10.1. The molecule has 0 aliphatic heterocycles. The van der Waals surface area contributed by atoms with Crippen molar-refractivity contribution in [2.24, 2.45) is 0 Å². The van der Waals surface area contributed by atoms with Gasteiger partial charge in [-0.2, -0.15) is 0 Å². The van der Waals surface area contributed by atoms with E-state index in [9.17, 15) is 14.7 Å². The lowest BCUT2D eigenvalue weighted by Gasteiger charge is -2.23. The van der Waals surface area contributed by atoms with Crippen LogP contribution in [0.2, 0.25) is 0 Å². The normalized spacial score (nSPS) is 12.1. The van der Waals surface area contributed by atoms with Crippen LogP contribution in [0.1, 0.15) is 39.2 Å². The molecule has 0 saturated carbocycles. The van der Waals surface area contributed by atoms with Crippen LogP contribution in [0.3, 0.4) is 0 Å². The van der Waals surface area contributed by atoms with Gasteiger partial charge in [0.1, 0.15) is 18.2 Å². The second-order valence-electron chi connectivity index (χ2n) is 6.40. The van der Waals surface area contributed by atoms with Crippen molar-refractivity contribution in [1.29, 1.82) is 0 Å². The number of carbonyl (C=O) groups excluding carboxylic acids is 2. The number of allylic oxidation sites excluding steroid dienone is 1. The number of aliphatic hydroxyl groups is 1. The summed E-state index contributed by atoms with van der Waals surface area (Å²) >= 11 is 0. The van der Waals surface area contributed by atoms with Crippen LogP contribution in [-0.4, -0.2) is 28.8 Å². The van der Waals surface area contributed by atoms with Gasteiger partial charge in [0.05, 0.1) is 5.76 Å². The van der Waals surface area contributed by atoms with E-state index >= 15 is 0 Å². The maximum atomic E-state index is 12.2. The van der Waals surface area contributed by atoms with Gasteiger partial charge in [-0.15, -0.1) is 0 Å². The van der Waals surface area contributed by atoms with Gasteiger partial charge in [0.2, 0.25) is 0 Å². The van der Waals surface area contributed by atoms with E-state index in [1.807, 2.05) is 30.3 Å². The van der Waals surface area contributed by atoms with Gasteiger partial charge < -0.3 is 19.9 Å². The van der Waals surface area contributed by atoms with Crippen molar-refractivity contribution in [2.45, 2.75) is 51.9 Å². The Morgan fingerprint density at radius 1 is 1.25 bits per heavy atom. The highest BCUT2D eigenvalue weighted by Crippen LogP contribution is 2.10. The molecule has 1 amide bonds. The van der Waals surface area contributed by atoms with E-state index in [2.05, 4.69) is 11.9 Å². The smallest absolute Gasteiger partial charge is 0.408 e. The number of carbonyl (C=O) groups is 2. The molecule has 0 saturated heterocycles. The first-order valence-corrected chi connectivity index (χ1v) is 7.74. The third kappa shape index (κ3) is 8.22. The number of benzene rings is 1. The van der Waals surface area contributed by atoms with Crippen molar-refractivity contribution in [1.82, 2.24) is 5.32 Å². The summed E-state index contributed by atoms with van der Waals surface area (Å²) in [4.78, 5) is 24.1. The third-order valence-corrected chi connectivity index (χ3v) is 2.92. The van der Waals surface area contributed by atoms with E-state index in [1.54, 1.807) is 20.8 Å². The summed E-state index contributed by atoms with van der Waals surface area (Å²) in [7, 11) is 0. The van der Waals surface area contributed by atoms with E-state index in [0.29, 0.717) is 0 Å². The molecule has 1 aromatic carbocycles. The molecule has 0 unspecified atom stereocenters. The highest BCUT2D eigenvalue weighted by Gasteiger charge is 2.25. The standard InChI is InChI=1S/C18H25NO5/c1-13(20)10-11-15(19-17(22)24-18(2,3)4)16(21)23-12-14-8-6-5-7-9-14/h5-9,15,20H,1,10-12H2,2-4H3,(H,19,22)/t15-/m0/s1. The van der Waals surface area contributed by atoms with Crippen molar-refractivity contribution < 1.29 is 24.2 Å². The number of hydrogen-bond acceptors (Lipinski definition) is 5. The monoisotopic (exact) mass is 335 g/mol. The van der Waals surface area contributed by atoms with Crippen molar-refractivity contribution in [2.75, 3.05) is 0 Å². The fourth-order valence-electron chi connectivity index (χ4n) is 1.84. The molecule has 6 heteroatoms. The van der Waals surface area contributed by atoms with E-state index in [0.717, 1.165) is 5.56 Å². The summed E-state index contributed by atoms with van der Waals surface area (Å²) in [6.45, 7) is 8.66. The third-order valence-electron chi connectivity index (χ3n) is 2.92. The van der Waals surface area contributed by atoms with Gasteiger partial charge in [-0.05, 0) is 32.8 Å². The first-order chi connectivity index (χ1) is 11.2. The summed E-state index contributed by atoms with van der Waals surface area (Å²) in [5.74, 6) is -0.659. The molecule has 0 aliphatic carbocycles. The molecule has 1 rings (SSSR count). The van der Waals surface area contributed by atoms with E-state index < -0.39 is 23.7 Å². The Labute approximate surface area is 142 Å². The summed E-state index contributed by atoms with van der Waals surface area (Å²) in [5.41, 5.74) is 0.164. The van der Waals surface area contributed by atoms with E-state index in [-0.39, 0.29) is 25.2 Å². The Hall–Kier alpha value is -2.50. The number of alkyl carbamates (subject to hydrolysis) is 1. The molecule has 0 spiro atoms. The number of hydrogen-bond donors (Lipinski definition) is 2. The van der Waals surface area contributed by atoms with Crippen LogP contribution >= 0.6 is 0 Å². The van der Waals surface area contributed by atoms with Crippen molar-refractivity contribution >= 4 is 12.1 Å². The zero-order valence-electron chi connectivity index (χ0n) is 14.4. The lowest BCUT2D eigenvalue weighted by molar-refractivity contribution is -0.147. The zero-order valence-corrected chi connectivity index (χ0v) is 14.4. The Morgan fingerprint density at radius 3 is 2.42 bits per heavy atom. The predicted molar refractivity (Wildman–Crippen MR) is 90.4 cm³/mol. The minimum atomic E-state index is -0.924. The maximum absolute atomic E-state index is 12.2. The van der Waals surface area contributed by atoms with Crippen LogP contribution < -0.4 is 5.32 Å². The Bertz CT molecular complexity index is 563.